The molecule has 0 aromatic heterocycles. The molecule has 0 saturated carbocycles. The molecule has 3 heteroatoms. The van der Waals surface area contributed by atoms with Crippen LogP contribution >= 0.6 is 0 Å². The van der Waals surface area contributed by atoms with Crippen LogP contribution in [0.25, 0.3) is 0 Å². The van der Waals surface area contributed by atoms with Gasteiger partial charge < -0.3 is 15.8 Å². The van der Waals surface area contributed by atoms with E-state index in [0.29, 0.717) is 18.5 Å². The molecule has 1 saturated heterocycles. The van der Waals surface area contributed by atoms with Crippen LogP contribution in [0.15, 0.2) is 0 Å². The second kappa shape index (κ2) is 5.10. The summed E-state index contributed by atoms with van der Waals surface area (Å²) in [7, 11) is 0. The van der Waals surface area contributed by atoms with Crippen molar-refractivity contribution in [2.45, 2.75) is 45.2 Å². The van der Waals surface area contributed by atoms with Crippen molar-refractivity contribution in [3.8, 4) is 0 Å². The molecule has 3 unspecified atom stereocenters. The minimum atomic E-state index is 0.0475. The Balaban J connectivity index is 2.54. The average molecular weight is 200 g/mol. The molecule has 0 aromatic carbocycles. The van der Waals surface area contributed by atoms with Crippen molar-refractivity contribution >= 4 is 0 Å². The van der Waals surface area contributed by atoms with Gasteiger partial charge in [0.25, 0.3) is 0 Å². The van der Waals surface area contributed by atoms with E-state index in [9.17, 15) is 0 Å². The van der Waals surface area contributed by atoms with Crippen molar-refractivity contribution < 1.29 is 4.74 Å². The third-order valence-corrected chi connectivity index (χ3v) is 3.44. The lowest BCUT2D eigenvalue weighted by Gasteiger charge is -2.37. The van der Waals surface area contributed by atoms with Crippen molar-refractivity contribution in [1.82, 2.24) is 5.32 Å². The Morgan fingerprint density at radius 1 is 1.64 bits per heavy atom. The lowest BCUT2D eigenvalue weighted by Crippen LogP contribution is -2.57. The van der Waals surface area contributed by atoms with Crippen molar-refractivity contribution in [3.63, 3.8) is 0 Å². The lowest BCUT2D eigenvalue weighted by atomic mass is 9.84. The van der Waals surface area contributed by atoms with E-state index in [1.807, 2.05) is 0 Å². The van der Waals surface area contributed by atoms with Crippen LogP contribution in [-0.2, 0) is 4.74 Å². The van der Waals surface area contributed by atoms with E-state index in [1.54, 1.807) is 0 Å². The van der Waals surface area contributed by atoms with Gasteiger partial charge in [-0.15, -0.1) is 0 Å². The highest BCUT2D eigenvalue weighted by Crippen LogP contribution is 2.25. The van der Waals surface area contributed by atoms with Crippen molar-refractivity contribution in [2.24, 2.45) is 11.7 Å². The van der Waals surface area contributed by atoms with Gasteiger partial charge in [0, 0.05) is 30.7 Å². The van der Waals surface area contributed by atoms with Gasteiger partial charge in [-0.1, -0.05) is 6.92 Å². The predicted molar refractivity (Wildman–Crippen MR) is 59.3 cm³/mol. The zero-order valence-electron chi connectivity index (χ0n) is 9.68. The van der Waals surface area contributed by atoms with E-state index in [2.05, 4.69) is 26.1 Å². The molecule has 0 amide bonds. The quantitative estimate of drug-likeness (QED) is 0.699. The fraction of sp³-hybridized carbons (Fsp3) is 1.00. The first-order valence-corrected chi connectivity index (χ1v) is 5.68. The molecule has 0 aliphatic carbocycles. The Labute approximate surface area is 87.4 Å². The van der Waals surface area contributed by atoms with Gasteiger partial charge >= 0.3 is 0 Å². The standard InChI is InChI=1S/C11H24N2O/c1-4-9(2)13-11(3,8-12)10-5-6-14-7-10/h9-10,13H,4-8,12H2,1-3H3. The lowest BCUT2D eigenvalue weighted by molar-refractivity contribution is 0.149. The Kier molecular flexibility index (Phi) is 4.35. The molecule has 1 rings (SSSR count). The largest absolute Gasteiger partial charge is 0.381 e. The first-order chi connectivity index (χ1) is 6.62. The summed E-state index contributed by atoms with van der Waals surface area (Å²) in [4.78, 5) is 0. The number of rotatable bonds is 5. The van der Waals surface area contributed by atoms with Crippen LogP contribution < -0.4 is 11.1 Å². The first-order valence-electron chi connectivity index (χ1n) is 5.68. The molecule has 3 N–H and O–H groups in total. The fourth-order valence-electron chi connectivity index (χ4n) is 2.05. The maximum atomic E-state index is 5.87. The number of nitrogens with one attached hydrogen (secondary N) is 1. The van der Waals surface area contributed by atoms with Crippen LogP contribution in [-0.4, -0.2) is 31.3 Å². The molecule has 3 atom stereocenters. The smallest absolute Gasteiger partial charge is 0.0513 e. The van der Waals surface area contributed by atoms with Gasteiger partial charge in [-0.2, -0.15) is 0 Å². The molecule has 1 aliphatic heterocycles. The predicted octanol–water partition coefficient (Wildman–Crippen LogP) is 1.13. The maximum Gasteiger partial charge on any atom is 0.0513 e. The van der Waals surface area contributed by atoms with Gasteiger partial charge in [0.15, 0.2) is 0 Å². The summed E-state index contributed by atoms with van der Waals surface area (Å²) in [5.74, 6) is 0.571. The van der Waals surface area contributed by atoms with Crippen LogP contribution in [0.5, 0.6) is 0 Å². The second-order valence-corrected chi connectivity index (χ2v) is 4.64. The van der Waals surface area contributed by atoms with Crippen LogP contribution in [0, 0.1) is 5.92 Å². The summed E-state index contributed by atoms with van der Waals surface area (Å²) in [6.45, 7) is 9.06. The maximum absolute atomic E-state index is 5.87. The number of nitrogens with two attached hydrogens (primary N) is 1. The molecule has 0 radical (unpaired) electrons. The monoisotopic (exact) mass is 200 g/mol. The van der Waals surface area contributed by atoms with Crippen LogP contribution in [0.2, 0.25) is 0 Å². The molecular formula is C11H24N2O. The van der Waals surface area contributed by atoms with Gasteiger partial charge in [-0.3, -0.25) is 0 Å². The summed E-state index contributed by atoms with van der Waals surface area (Å²) in [6, 6.07) is 0.532. The molecule has 1 fully saturated rings. The highest BCUT2D eigenvalue weighted by molar-refractivity contribution is 4.94. The van der Waals surface area contributed by atoms with Gasteiger partial charge in [-0.25, -0.2) is 0 Å². The highest BCUT2D eigenvalue weighted by Gasteiger charge is 2.35. The average Bonchev–Trinajstić information content (AvgIpc) is 2.70. The summed E-state index contributed by atoms with van der Waals surface area (Å²) < 4.78 is 5.42. The first kappa shape index (κ1) is 12.0. The molecule has 1 heterocycles. The third-order valence-electron chi connectivity index (χ3n) is 3.44. The number of hydrogen-bond acceptors (Lipinski definition) is 3. The van der Waals surface area contributed by atoms with Crippen molar-refractivity contribution in [3.05, 3.63) is 0 Å². The zero-order valence-corrected chi connectivity index (χ0v) is 9.68. The highest BCUT2D eigenvalue weighted by atomic mass is 16.5. The van der Waals surface area contributed by atoms with Crippen molar-refractivity contribution in [2.75, 3.05) is 19.8 Å². The van der Waals surface area contributed by atoms with E-state index in [1.165, 1.54) is 0 Å². The van der Waals surface area contributed by atoms with E-state index in [0.717, 1.165) is 26.1 Å². The fourth-order valence-corrected chi connectivity index (χ4v) is 2.05. The van der Waals surface area contributed by atoms with Gasteiger partial charge in [-0.05, 0) is 26.7 Å². The van der Waals surface area contributed by atoms with E-state index in [4.69, 9.17) is 10.5 Å². The number of ether oxygens (including phenoxy) is 1. The molecule has 0 bridgehead atoms. The van der Waals surface area contributed by atoms with Gasteiger partial charge in [0.2, 0.25) is 0 Å². The molecule has 14 heavy (non-hydrogen) atoms. The van der Waals surface area contributed by atoms with Crippen LogP contribution in [0.1, 0.15) is 33.6 Å². The van der Waals surface area contributed by atoms with E-state index in [-0.39, 0.29) is 5.54 Å². The third kappa shape index (κ3) is 2.69. The Hall–Kier alpha value is -0.120. The molecule has 3 nitrogen and oxygen atoms in total. The van der Waals surface area contributed by atoms with Crippen molar-refractivity contribution in [1.29, 1.82) is 0 Å². The second-order valence-electron chi connectivity index (χ2n) is 4.64. The summed E-state index contributed by atoms with van der Waals surface area (Å²) in [5.41, 5.74) is 5.92. The molecule has 0 spiro atoms. The Morgan fingerprint density at radius 3 is 2.79 bits per heavy atom. The molecule has 84 valence electrons. The van der Waals surface area contributed by atoms with E-state index < -0.39 is 0 Å². The van der Waals surface area contributed by atoms with Gasteiger partial charge in [0.1, 0.15) is 0 Å². The molecular weight excluding hydrogens is 176 g/mol. The molecule has 1 aliphatic rings. The molecule has 0 aromatic rings. The van der Waals surface area contributed by atoms with Crippen LogP contribution in [0.4, 0.5) is 0 Å². The summed E-state index contributed by atoms with van der Waals surface area (Å²) >= 11 is 0. The zero-order chi connectivity index (χ0) is 10.6. The van der Waals surface area contributed by atoms with Gasteiger partial charge in [0.05, 0.1) is 6.61 Å². The van der Waals surface area contributed by atoms with E-state index >= 15 is 0 Å². The van der Waals surface area contributed by atoms with Crippen LogP contribution in [0.3, 0.4) is 0 Å². The SMILES string of the molecule is CCC(C)NC(C)(CN)C1CCOC1. The minimum Gasteiger partial charge on any atom is -0.381 e. The Bertz CT molecular complexity index is 169. The Morgan fingerprint density at radius 2 is 2.36 bits per heavy atom. The number of hydrogen-bond donors (Lipinski definition) is 2. The summed E-state index contributed by atoms with van der Waals surface area (Å²) in [5, 5.41) is 3.63. The topological polar surface area (TPSA) is 47.3 Å². The minimum absolute atomic E-state index is 0.0475. The normalized spacial score (nSPS) is 28.7. The summed E-state index contributed by atoms with van der Waals surface area (Å²) in [6.07, 6.45) is 2.28.